The molecule has 78 valence electrons. The first-order chi connectivity index (χ1) is 7.43. The van der Waals surface area contributed by atoms with Crippen LogP contribution in [0.4, 0.5) is 0 Å². The van der Waals surface area contributed by atoms with Gasteiger partial charge < -0.3 is 0 Å². The van der Waals surface area contributed by atoms with Crippen molar-refractivity contribution in [2.45, 2.75) is 5.03 Å². The van der Waals surface area contributed by atoms with Gasteiger partial charge in [0.25, 0.3) is 0 Å². The number of hydrogen-bond donors (Lipinski definition) is 0. The van der Waals surface area contributed by atoms with Gasteiger partial charge in [0.1, 0.15) is 5.03 Å². The predicted octanol–water partition coefficient (Wildman–Crippen LogP) is 3.53. The zero-order valence-electron chi connectivity index (χ0n) is 8.41. The monoisotopic (exact) mass is 236 g/mol. The van der Waals surface area contributed by atoms with E-state index in [9.17, 15) is 0 Å². The second kappa shape index (κ2) is 8.32. The molecule has 2 heterocycles. The highest BCUT2D eigenvalue weighted by atomic mass is 33.1. The lowest BCUT2D eigenvalue weighted by Crippen LogP contribution is -1.71. The molecule has 2 aromatic rings. The highest BCUT2D eigenvalue weighted by Gasteiger charge is 1.87. The number of pyridine rings is 2. The minimum Gasteiger partial charge on any atom is -0.265 e. The van der Waals surface area contributed by atoms with Gasteiger partial charge in [-0.2, -0.15) is 0 Å². The van der Waals surface area contributed by atoms with Crippen LogP contribution in [0.25, 0.3) is 0 Å². The van der Waals surface area contributed by atoms with Gasteiger partial charge in [0.05, 0.1) is 0 Å². The van der Waals surface area contributed by atoms with E-state index in [1.807, 2.05) is 42.7 Å². The van der Waals surface area contributed by atoms with Crippen molar-refractivity contribution in [3.63, 3.8) is 0 Å². The van der Waals surface area contributed by atoms with Gasteiger partial charge in [-0.15, -0.1) is 0 Å². The van der Waals surface area contributed by atoms with Gasteiger partial charge in [0.15, 0.2) is 0 Å². The standard InChI is InChI=1S/C6H7NS2.C5H5N/c1-8-9-6-4-2-3-5-7-6;1-2-4-6-5-3-1/h2-5H,1H3;1-5H. The molecule has 0 bridgehead atoms. The molecular formula is C11H12N2S2. The molecule has 0 unspecified atom stereocenters. The lowest BCUT2D eigenvalue weighted by Gasteiger charge is -1.91. The number of rotatable bonds is 2. The van der Waals surface area contributed by atoms with Crippen LogP contribution < -0.4 is 0 Å². The molecule has 2 rings (SSSR count). The zero-order valence-corrected chi connectivity index (χ0v) is 10.0. The summed E-state index contributed by atoms with van der Waals surface area (Å²) in [6.07, 6.45) is 7.35. The average Bonchev–Trinajstić information content (AvgIpc) is 2.34. The minimum absolute atomic E-state index is 1.07. The second-order valence-electron chi connectivity index (χ2n) is 2.44. The predicted molar refractivity (Wildman–Crippen MR) is 67.8 cm³/mol. The van der Waals surface area contributed by atoms with Gasteiger partial charge in [-0.05, 0) is 41.3 Å². The van der Waals surface area contributed by atoms with Crippen LogP contribution in [0, 0.1) is 0 Å². The first kappa shape index (κ1) is 12.1. The van der Waals surface area contributed by atoms with Crippen LogP contribution in [0.15, 0.2) is 60.0 Å². The van der Waals surface area contributed by atoms with Crippen LogP contribution in [-0.4, -0.2) is 16.2 Å². The van der Waals surface area contributed by atoms with Crippen LogP contribution in [0.2, 0.25) is 0 Å². The van der Waals surface area contributed by atoms with E-state index in [2.05, 4.69) is 9.97 Å². The van der Waals surface area contributed by atoms with Gasteiger partial charge in [0, 0.05) is 18.6 Å². The summed E-state index contributed by atoms with van der Waals surface area (Å²) in [5.74, 6) is 0. The summed E-state index contributed by atoms with van der Waals surface area (Å²) in [5.41, 5.74) is 0. The smallest absolute Gasteiger partial charge is 0.106 e. The van der Waals surface area contributed by atoms with Gasteiger partial charge in [-0.1, -0.05) is 22.9 Å². The zero-order chi connectivity index (χ0) is 10.8. The maximum Gasteiger partial charge on any atom is 0.106 e. The second-order valence-corrected chi connectivity index (χ2v) is 4.86. The van der Waals surface area contributed by atoms with Gasteiger partial charge in [0.2, 0.25) is 0 Å². The fraction of sp³-hybridized carbons (Fsp3) is 0.0909. The molecule has 2 aromatic heterocycles. The first-order valence-electron chi connectivity index (χ1n) is 4.40. The summed E-state index contributed by atoms with van der Waals surface area (Å²) in [6.45, 7) is 0. The molecule has 0 saturated heterocycles. The molecule has 0 aromatic carbocycles. The van der Waals surface area contributed by atoms with Gasteiger partial charge in [-0.3, -0.25) is 4.98 Å². The summed E-state index contributed by atoms with van der Waals surface area (Å²) < 4.78 is 0. The Morgan fingerprint density at radius 1 is 0.933 bits per heavy atom. The van der Waals surface area contributed by atoms with Crippen LogP contribution in [0.5, 0.6) is 0 Å². The summed E-state index contributed by atoms with van der Waals surface area (Å²) in [4.78, 5) is 7.90. The van der Waals surface area contributed by atoms with Crippen molar-refractivity contribution in [3.05, 3.63) is 55.0 Å². The molecule has 0 N–H and O–H groups in total. The SMILES string of the molecule is CSSc1ccccn1.c1ccncc1. The van der Waals surface area contributed by atoms with Crippen molar-refractivity contribution in [2.24, 2.45) is 0 Å². The topological polar surface area (TPSA) is 25.8 Å². The highest BCUT2D eigenvalue weighted by molar-refractivity contribution is 8.76. The van der Waals surface area contributed by atoms with Crippen LogP contribution in [0.3, 0.4) is 0 Å². The molecule has 15 heavy (non-hydrogen) atoms. The average molecular weight is 236 g/mol. The Balaban J connectivity index is 0.000000162. The normalized spacial score (nSPS) is 8.87. The lowest BCUT2D eigenvalue weighted by atomic mass is 10.5. The molecule has 4 heteroatoms. The molecule has 0 atom stereocenters. The summed E-state index contributed by atoms with van der Waals surface area (Å²) in [5, 5.41) is 1.07. The van der Waals surface area contributed by atoms with Gasteiger partial charge >= 0.3 is 0 Å². The summed E-state index contributed by atoms with van der Waals surface area (Å²) in [7, 11) is 3.39. The molecule has 0 spiro atoms. The Morgan fingerprint density at radius 3 is 2.07 bits per heavy atom. The third-order valence-corrected chi connectivity index (χ3v) is 2.96. The summed E-state index contributed by atoms with van der Waals surface area (Å²) >= 11 is 0. The Morgan fingerprint density at radius 2 is 1.67 bits per heavy atom. The molecular weight excluding hydrogens is 224 g/mol. The Bertz CT molecular complexity index is 313. The van der Waals surface area contributed by atoms with E-state index in [1.54, 1.807) is 40.2 Å². The van der Waals surface area contributed by atoms with Crippen LogP contribution in [-0.2, 0) is 0 Å². The van der Waals surface area contributed by atoms with Crippen molar-refractivity contribution in [1.29, 1.82) is 0 Å². The Hall–Kier alpha value is -1.00. The minimum atomic E-state index is 1.07. The van der Waals surface area contributed by atoms with E-state index in [4.69, 9.17) is 0 Å². The maximum atomic E-state index is 4.11. The highest BCUT2D eigenvalue weighted by Crippen LogP contribution is 2.25. The summed E-state index contributed by atoms with van der Waals surface area (Å²) in [6, 6.07) is 11.6. The van der Waals surface area contributed by atoms with E-state index >= 15 is 0 Å². The third-order valence-electron chi connectivity index (χ3n) is 1.37. The van der Waals surface area contributed by atoms with Crippen LogP contribution >= 0.6 is 21.6 Å². The fourth-order valence-electron chi connectivity index (χ4n) is 0.794. The van der Waals surface area contributed by atoms with Crippen molar-refractivity contribution < 1.29 is 0 Å². The van der Waals surface area contributed by atoms with Crippen molar-refractivity contribution in [1.82, 2.24) is 9.97 Å². The van der Waals surface area contributed by atoms with E-state index in [-0.39, 0.29) is 0 Å². The number of hydrogen-bond acceptors (Lipinski definition) is 4. The van der Waals surface area contributed by atoms with Crippen molar-refractivity contribution >= 4 is 21.6 Å². The molecule has 2 nitrogen and oxygen atoms in total. The van der Waals surface area contributed by atoms with Crippen molar-refractivity contribution in [2.75, 3.05) is 6.26 Å². The van der Waals surface area contributed by atoms with Crippen LogP contribution in [0.1, 0.15) is 0 Å². The quantitative estimate of drug-likeness (QED) is 0.745. The number of aromatic nitrogens is 2. The largest absolute Gasteiger partial charge is 0.265 e. The molecule has 0 fully saturated rings. The molecule has 0 aliphatic heterocycles. The van der Waals surface area contributed by atoms with Crippen molar-refractivity contribution in [3.8, 4) is 0 Å². The Kier molecular flexibility index (Phi) is 6.70. The number of nitrogens with zero attached hydrogens (tertiary/aromatic N) is 2. The molecule has 0 aliphatic rings. The molecule has 0 aliphatic carbocycles. The van der Waals surface area contributed by atoms with E-state index in [0.717, 1.165) is 5.03 Å². The first-order valence-corrected chi connectivity index (χ1v) is 6.96. The van der Waals surface area contributed by atoms with E-state index in [0.29, 0.717) is 0 Å². The van der Waals surface area contributed by atoms with Gasteiger partial charge in [-0.25, -0.2) is 4.98 Å². The molecule has 0 amide bonds. The lowest BCUT2D eigenvalue weighted by molar-refractivity contribution is 1.14. The van der Waals surface area contributed by atoms with E-state index in [1.165, 1.54) is 0 Å². The third kappa shape index (κ3) is 6.14. The van der Waals surface area contributed by atoms with E-state index < -0.39 is 0 Å². The molecule has 0 radical (unpaired) electrons. The Labute approximate surface area is 97.9 Å². The maximum absolute atomic E-state index is 4.11. The molecule has 0 saturated carbocycles. The fourth-order valence-corrected chi connectivity index (χ4v) is 2.01.